The number of pyridine rings is 1. The Hall–Kier alpha value is -0.930. The van der Waals surface area contributed by atoms with Crippen LogP contribution in [-0.4, -0.2) is 23.7 Å². The van der Waals surface area contributed by atoms with E-state index in [1.165, 1.54) is 11.1 Å². The molecule has 0 aromatic carbocycles. The van der Waals surface area contributed by atoms with Gasteiger partial charge in [-0.1, -0.05) is 0 Å². The van der Waals surface area contributed by atoms with Crippen LogP contribution in [0.15, 0.2) is 18.5 Å². The van der Waals surface area contributed by atoms with Crippen molar-refractivity contribution in [1.82, 2.24) is 10.3 Å². The monoisotopic (exact) mass is 220 g/mol. The second kappa shape index (κ2) is 5.41. The molecule has 2 rings (SSSR count). The smallest absolute Gasteiger partial charge is 0.0604 e. The summed E-state index contributed by atoms with van der Waals surface area (Å²) < 4.78 is 5.53. The number of hydrogen-bond donors (Lipinski definition) is 1. The van der Waals surface area contributed by atoms with E-state index in [9.17, 15) is 0 Å². The Morgan fingerprint density at radius 2 is 2.31 bits per heavy atom. The third-order valence-electron chi connectivity index (χ3n) is 3.21. The summed E-state index contributed by atoms with van der Waals surface area (Å²) in [6.07, 6.45) is 6.56. The summed E-state index contributed by atoms with van der Waals surface area (Å²) in [5.74, 6) is 0. The highest BCUT2D eigenvalue weighted by Crippen LogP contribution is 2.23. The molecule has 1 fully saturated rings. The van der Waals surface area contributed by atoms with Crippen molar-refractivity contribution < 1.29 is 4.74 Å². The Balaban J connectivity index is 1.72. The van der Waals surface area contributed by atoms with Gasteiger partial charge in [-0.15, -0.1) is 0 Å². The molecule has 1 saturated carbocycles. The third-order valence-corrected chi connectivity index (χ3v) is 3.21. The summed E-state index contributed by atoms with van der Waals surface area (Å²) >= 11 is 0. The van der Waals surface area contributed by atoms with E-state index in [0.717, 1.165) is 26.0 Å². The largest absolute Gasteiger partial charge is 0.378 e. The van der Waals surface area contributed by atoms with Crippen molar-refractivity contribution in [3.05, 3.63) is 29.6 Å². The minimum absolute atomic E-state index is 0.487. The van der Waals surface area contributed by atoms with Gasteiger partial charge >= 0.3 is 0 Å². The highest BCUT2D eigenvalue weighted by molar-refractivity contribution is 5.21. The lowest BCUT2D eigenvalue weighted by atomic mass is 9.89. The van der Waals surface area contributed by atoms with E-state index < -0.39 is 0 Å². The van der Waals surface area contributed by atoms with Gasteiger partial charge in [-0.25, -0.2) is 0 Å². The van der Waals surface area contributed by atoms with Gasteiger partial charge < -0.3 is 10.1 Å². The van der Waals surface area contributed by atoms with Crippen LogP contribution in [0.25, 0.3) is 0 Å². The van der Waals surface area contributed by atoms with Crippen molar-refractivity contribution in [1.29, 1.82) is 0 Å². The molecule has 88 valence electrons. The average molecular weight is 220 g/mol. The van der Waals surface area contributed by atoms with E-state index in [1.807, 2.05) is 12.4 Å². The molecule has 0 saturated heterocycles. The Morgan fingerprint density at radius 3 is 3.00 bits per heavy atom. The van der Waals surface area contributed by atoms with Crippen LogP contribution in [-0.2, 0) is 11.3 Å². The molecule has 16 heavy (non-hydrogen) atoms. The first-order valence-corrected chi connectivity index (χ1v) is 6.04. The highest BCUT2D eigenvalue weighted by Gasteiger charge is 2.28. The molecule has 0 bridgehead atoms. The predicted octanol–water partition coefficient (Wildman–Crippen LogP) is 2.05. The van der Waals surface area contributed by atoms with Crippen molar-refractivity contribution in [3.8, 4) is 0 Å². The van der Waals surface area contributed by atoms with E-state index in [4.69, 9.17) is 4.74 Å². The summed E-state index contributed by atoms with van der Waals surface area (Å²) in [5.41, 5.74) is 2.60. The Bertz CT molecular complexity index is 334. The topological polar surface area (TPSA) is 34.1 Å². The fourth-order valence-electron chi connectivity index (χ4n) is 2.06. The molecule has 0 aliphatic heterocycles. The summed E-state index contributed by atoms with van der Waals surface area (Å²) in [6.45, 7) is 5.94. The van der Waals surface area contributed by atoms with Gasteiger partial charge in [0.15, 0.2) is 0 Å². The SMILES string of the molecule is CCOC1CC(NCc2ccncc2C)C1. The lowest BCUT2D eigenvalue weighted by Gasteiger charge is -2.35. The van der Waals surface area contributed by atoms with Gasteiger partial charge in [0.1, 0.15) is 0 Å². The lowest BCUT2D eigenvalue weighted by Crippen LogP contribution is -2.45. The molecule has 1 aromatic heterocycles. The zero-order valence-corrected chi connectivity index (χ0v) is 10.1. The standard InChI is InChI=1S/C13H20N2O/c1-3-16-13-6-12(7-13)15-9-11-4-5-14-8-10(11)2/h4-5,8,12-13,15H,3,6-7,9H2,1-2H3. The lowest BCUT2D eigenvalue weighted by molar-refractivity contribution is -0.0102. The molecule has 0 unspecified atom stereocenters. The molecule has 1 aromatic rings. The van der Waals surface area contributed by atoms with Crippen molar-refractivity contribution in [2.45, 2.75) is 45.4 Å². The van der Waals surface area contributed by atoms with E-state index in [-0.39, 0.29) is 0 Å². The Labute approximate surface area is 97.2 Å². The molecule has 1 N–H and O–H groups in total. The van der Waals surface area contributed by atoms with Gasteiger partial charge in [0, 0.05) is 31.6 Å². The molecule has 0 amide bonds. The Morgan fingerprint density at radius 1 is 1.50 bits per heavy atom. The van der Waals surface area contributed by atoms with Crippen LogP contribution in [0, 0.1) is 6.92 Å². The van der Waals surface area contributed by atoms with Crippen molar-refractivity contribution in [2.24, 2.45) is 0 Å². The van der Waals surface area contributed by atoms with Crippen LogP contribution < -0.4 is 5.32 Å². The van der Waals surface area contributed by atoms with E-state index >= 15 is 0 Å². The van der Waals surface area contributed by atoms with Gasteiger partial charge in [-0.05, 0) is 43.9 Å². The van der Waals surface area contributed by atoms with E-state index in [2.05, 4.69) is 30.2 Å². The molecule has 3 heteroatoms. The molecule has 0 atom stereocenters. The molecular formula is C13H20N2O. The van der Waals surface area contributed by atoms with Crippen LogP contribution in [0.4, 0.5) is 0 Å². The van der Waals surface area contributed by atoms with E-state index in [1.54, 1.807) is 0 Å². The van der Waals surface area contributed by atoms with Crippen LogP contribution in [0.1, 0.15) is 30.9 Å². The number of nitrogens with zero attached hydrogens (tertiary/aromatic N) is 1. The number of rotatable bonds is 5. The zero-order chi connectivity index (χ0) is 11.4. The summed E-state index contributed by atoms with van der Waals surface area (Å²) in [5, 5.41) is 3.56. The van der Waals surface area contributed by atoms with Gasteiger partial charge in [-0.2, -0.15) is 0 Å². The maximum atomic E-state index is 5.53. The van der Waals surface area contributed by atoms with E-state index in [0.29, 0.717) is 12.1 Å². The molecule has 1 aliphatic carbocycles. The van der Waals surface area contributed by atoms with Gasteiger partial charge in [-0.3, -0.25) is 4.98 Å². The first-order chi connectivity index (χ1) is 7.79. The second-order valence-electron chi connectivity index (χ2n) is 4.43. The quantitative estimate of drug-likeness (QED) is 0.824. The van der Waals surface area contributed by atoms with Crippen molar-refractivity contribution in [3.63, 3.8) is 0 Å². The third kappa shape index (κ3) is 2.80. The molecule has 0 spiro atoms. The normalized spacial score (nSPS) is 24.1. The fraction of sp³-hybridized carbons (Fsp3) is 0.615. The molecule has 1 heterocycles. The molecule has 1 aliphatic rings. The minimum atomic E-state index is 0.487. The second-order valence-corrected chi connectivity index (χ2v) is 4.43. The number of aromatic nitrogens is 1. The first kappa shape index (κ1) is 11.6. The number of ether oxygens (including phenoxy) is 1. The average Bonchev–Trinajstić information content (AvgIpc) is 2.23. The molecule has 0 radical (unpaired) electrons. The van der Waals surface area contributed by atoms with Crippen LogP contribution in [0.3, 0.4) is 0 Å². The number of aryl methyl sites for hydroxylation is 1. The number of nitrogens with one attached hydrogen (secondary N) is 1. The maximum Gasteiger partial charge on any atom is 0.0604 e. The van der Waals surface area contributed by atoms with Crippen LogP contribution in [0.5, 0.6) is 0 Å². The van der Waals surface area contributed by atoms with Crippen molar-refractivity contribution >= 4 is 0 Å². The van der Waals surface area contributed by atoms with Gasteiger partial charge in [0.05, 0.1) is 6.10 Å². The Kier molecular flexibility index (Phi) is 3.91. The minimum Gasteiger partial charge on any atom is -0.378 e. The van der Waals surface area contributed by atoms with Gasteiger partial charge in [0.25, 0.3) is 0 Å². The van der Waals surface area contributed by atoms with Crippen molar-refractivity contribution in [2.75, 3.05) is 6.61 Å². The number of hydrogen-bond acceptors (Lipinski definition) is 3. The first-order valence-electron chi connectivity index (χ1n) is 6.04. The molecular weight excluding hydrogens is 200 g/mol. The summed E-state index contributed by atoms with van der Waals surface area (Å²) in [4.78, 5) is 4.09. The summed E-state index contributed by atoms with van der Waals surface area (Å²) in [6, 6.07) is 2.71. The summed E-state index contributed by atoms with van der Waals surface area (Å²) in [7, 11) is 0. The maximum absolute atomic E-state index is 5.53. The predicted molar refractivity (Wildman–Crippen MR) is 64.2 cm³/mol. The van der Waals surface area contributed by atoms with Gasteiger partial charge in [0.2, 0.25) is 0 Å². The molecule has 3 nitrogen and oxygen atoms in total. The fourth-order valence-corrected chi connectivity index (χ4v) is 2.06. The zero-order valence-electron chi connectivity index (χ0n) is 10.1. The van der Waals surface area contributed by atoms with Crippen LogP contribution >= 0.6 is 0 Å². The van der Waals surface area contributed by atoms with Crippen LogP contribution in [0.2, 0.25) is 0 Å². The highest BCUT2D eigenvalue weighted by atomic mass is 16.5.